The van der Waals surface area contributed by atoms with Crippen molar-refractivity contribution in [3.63, 3.8) is 0 Å². The standard InChI is InChI=1S/C18H21F3N6O2S/c1-3-29-13-7-5-4-6-12(13)24-17(30)26-25-16(28)11-9-22-27-14(18(19,20)21)8-10(2)23-15(11)27/h4-7,9-10,14,23H,3,8H2,1-2H3,(H,25,28)(H2,24,26,30). The third-order valence-electron chi connectivity index (χ3n) is 4.40. The Morgan fingerprint density at radius 1 is 1.37 bits per heavy atom. The van der Waals surface area contributed by atoms with Crippen LogP contribution < -0.4 is 26.2 Å². The minimum atomic E-state index is -4.47. The predicted octanol–water partition coefficient (Wildman–Crippen LogP) is 3.22. The van der Waals surface area contributed by atoms with Crippen molar-refractivity contribution >= 4 is 34.7 Å². The summed E-state index contributed by atoms with van der Waals surface area (Å²) in [6, 6.07) is 4.83. The SMILES string of the molecule is CCOc1ccccc1NC(=S)NNC(=O)c1cnn2c1NC(C)CC2C(F)(F)F. The monoisotopic (exact) mass is 442 g/mol. The maximum absolute atomic E-state index is 13.3. The minimum Gasteiger partial charge on any atom is -0.492 e. The second-order valence-electron chi connectivity index (χ2n) is 6.65. The summed E-state index contributed by atoms with van der Waals surface area (Å²) in [5.74, 6) is -0.0884. The van der Waals surface area contributed by atoms with Gasteiger partial charge in [-0.3, -0.25) is 15.6 Å². The minimum absolute atomic E-state index is 0.0101. The van der Waals surface area contributed by atoms with Crippen molar-refractivity contribution < 1.29 is 22.7 Å². The smallest absolute Gasteiger partial charge is 0.410 e. The van der Waals surface area contributed by atoms with Gasteiger partial charge in [0.2, 0.25) is 0 Å². The molecule has 0 spiro atoms. The zero-order valence-electron chi connectivity index (χ0n) is 16.2. The molecule has 1 amide bonds. The van der Waals surface area contributed by atoms with Crippen molar-refractivity contribution in [1.82, 2.24) is 20.6 Å². The first-order valence-corrected chi connectivity index (χ1v) is 9.61. The van der Waals surface area contributed by atoms with Gasteiger partial charge in [-0.05, 0) is 44.6 Å². The maximum atomic E-state index is 13.3. The number of anilines is 2. The Balaban J connectivity index is 1.67. The van der Waals surface area contributed by atoms with E-state index in [9.17, 15) is 18.0 Å². The summed E-state index contributed by atoms with van der Waals surface area (Å²) in [6.45, 7) is 3.93. The maximum Gasteiger partial charge on any atom is 0.410 e. The molecule has 0 saturated heterocycles. The molecule has 8 nitrogen and oxygen atoms in total. The molecule has 0 radical (unpaired) electrons. The van der Waals surface area contributed by atoms with Crippen LogP contribution in [-0.4, -0.2) is 39.6 Å². The molecule has 162 valence electrons. The van der Waals surface area contributed by atoms with E-state index in [1.807, 2.05) is 6.92 Å². The molecule has 2 aromatic rings. The molecule has 12 heteroatoms. The molecule has 0 bridgehead atoms. The van der Waals surface area contributed by atoms with Gasteiger partial charge in [0.15, 0.2) is 11.2 Å². The van der Waals surface area contributed by atoms with Crippen molar-refractivity contribution in [2.24, 2.45) is 0 Å². The number of carbonyl (C=O) groups excluding carboxylic acids is 1. The number of fused-ring (bicyclic) bond motifs is 1. The highest BCUT2D eigenvalue weighted by atomic mass is 32.1. The van der Waals surface area contributed by atoms with Crippen molar-refractivity contribution in [2.45, 2.75) is 38.5 Å². The van der Waals surface area contributed by atoms with E-state index >= 15 is 0 Å². The number of nitrogens with one attached hydrogen (secondary N) is 4. The largest absolute Gasteiger partial charge is 0.492 e. The van der Waals surface area contributed by atoms with E-state index < -0.39 is 24.2 Å². The lowest BCUT2D eigenvalue weighted by Crippen LogP contribution is -2.44. The molecule has 3 rings (SSSR count). The van der Waals surface area contributed by atoms with Gasteiger partial charge in [0.1, 0.15) is 17.1 Å². The number of benzene rings is 1. The number of para-hydroxylation sites is 2. The first-order chi connectivity index (χ1) is 14.2. The second-order valence-corrected chi connectivity index (χ2v) is 7.06. The Labute approximate surface area is 176 Å². The van der Waals surface area contributed by atoms with E-state index in [4.69, 9.17) is 17.0 Å². The van der Waals surface area contributed by atoms with Crippen LogP contribution in [0.25, 0.3) is 0 Å². The Morgan fingerprint density at radius 2 is 2.10 bits per heavy atom. The van der Waals surface area contributed by atoms with Crippen LogP contribution in [0.3, 0.4) is 0 Å². The zero-order chi connectivity index (χ0) is 21.9. The van der Waals surface area contributed by atoms with E-state index in [0.717, 1.165) is 10.9 Å². The van der Waals surface area contributed by atoms with Crippen LogP contribution in [0.15, 0.2) is 30.5 Å². The number of hydrazine groups is 1. The first-order valence-electron chi connectivity index (χ1n) is 9.20. The molecule has 2 atom stereocenters. The third-order valence-corrected chi connectivity index (χ3v) is 4.60. The van der Waals surface area contributed by atoms with Gasteiger partial charge >= 0.3 is 6.18 Å². The van der Waals surface area contributed by atoms with E-state index in [0.29, 0.717) is 18.0 Å². The number of alkyl halides is 3. The molecule has 0 saturated carbocycles. The normalized spacial score (nSPS) is 18.0. The summed E-state index contributed by atoms with van der Waals surface area (Å²) in [6.07, 6.45) is -3.55. The van der Waals surface area contributed by atoms with Gasteiger partial charge in [0.25, 0.3) is 5.91 Å². The van der Waals surface area contributed by atoms with Crippen LogP contribution >= 0.6 is 12.2 Å². The molecular formula is C18H21F3N6O2S. The van der Waals surface area contributed by atoms with Crippen molar-refractivity contribution in [2.75, 3.05) is 17.2 Å². The van der Waals surface area contributed by atoms with Gasteiger partial charge in [0, 0.05) is 6.04 Å². The first kappa shape index (κ1) is 21.7. The predicted molar refractivity (Wildman–Crippen MR) is 109 cm³/mol. The van der Waals surface area contributed by atoms with Gasteiger partial charge in [0.05, 0.1) is 18.5 Å². The third kappa shape index (κ3) is 4.75. The van der Waals surface area contributed by atoms with E-state index in [-0.39, 0.29) is 22.9 Å². The number of carbonyl (C=O) groups is 1. The highest BCUT2D eigenvalue weighted by molar-refractivity contribution is 7.80. The van der Waals surface area contributed by atoms with Crippen LogP contribution in [0.2, 0.25) is 0 Å². The highest BCUT2D eigenvalue weighted by Crippen LogP contribution is 2.40. The number of thiocarbonyl (C=S) groups is 1. The summed E-state index contributed by atoms with van der Waals surface area (Å²) >= 11 is 5.16. The summed E-state index contributed by atoms with van der Waals surface area (Å²) in [5.41, 5.74) is 5.46. The van der Waals surface area contributed by atoms with E-state index in [2.05, 4.69) is 26.6 Å². The lowest BCUT2D eigenvalue weighted by molar-refractivity contribution is -0.173. The van der Waals surface area contributed by atoms with E-state index in [1.54, 1.807) is 31.2 Å². The molecular weight excluding hydrogens is 421 g/mol. The average Bonchev–Trinajstić information content (AvgIpc) is 3.10. The highest BCUT2D eigenvalue weighted by Gasteiger charge is 2.46. The molecule has 0 fully saturated rings. The topological polar surface area (TPSA) is 92.2 Å². The van der Waals surface area contributed by atoms with Gasteiger partial charge < -0.3 is 15.4 Å². The van der Waals surface area contributed by atoms with Gasteiger partial charge in [-0.15, -0.1) is 0 Å². The number of aromatic nitrogens is 2. The van der Waals surface area contributed by atoms with Crippen LogP contribution in [0.4, 0.5) is 24.7 Å². The number of amides is 1. The van der Waals surface area contributed by atoms with Crippen molar-refractivity contribution in [1.29, 1.82) is 0 Å². The molecule has 1 aromatic carbocycles. The summed E-state index contributed by atoms with van der Waals surface area (Å²) in [4.78, 5) is 12.5. The molecule has 0 aliphatic carbocycles. The summed E-state index contributed by atoms with van der Waals surface area (Å²) < 4.78 is 46.2. The van der Waals surface area contributed by atoms with E-state index in [1.165, 1.54) is 0 Å². The van der Waals surface area contributed by atoms with Crippen molar-refractivity contribution in [3.05, 3.63) is 36.0 Å². The summed E-state index contributed by atoms with van der Waals surface area (Å²) in [7, 11) is 0. The molecule has 1 aliphatic rings. The number of hydrogen-bond donors (Lipinski definition) is 4. The fourth-order valence-electron chi connectivity index (χ4n) is 3.09. The van der Waals surface area contributed by atoms with Crippen molar-refractivity contribution in [3.8, 4) is 5.75 Å². The van der Waals surface area contributed by atoms with Gasteiger partial charge in [-0.1, -0.05) is 12.1 Å². The summed E-state index contributed by atoms with van der Waals surface area (Å²) in [5, 5.41) is 9.62. The van der Waals surface area contributed by atoms with Crippen LogP contribution in [0.5, 0.6) is 5.75 Å². The van der Waals surface area contributed by atoms with Crippen LogP contribution in [0, 0.1) is 0 Å². The van der Waals surface area contributed by atoms with Crippen LogP contribution in [0.1, 0.15) is 36.7 Å². The number of nitrogens with zero attached hydrogens (tertiary/aromatic N) is 2. The Kier molecular flexibility index (Phi) is 6.34. The molecule has 1 aromatic heterocycles. The zero-order valence-corrected chi connectivity index (χ0v) is 17.0. The Morgan fingerprint density at radius 3 is 2.80 bits per heavy atom. The molecule has 30 heavy (non-hydrogen) atoms. The quantitative estimate of drug-likeness (QED) is 0.427. The molecule has 2 unspecified atom stereocenters. The Hall–Kier alpha value is -3.02. The average molecular weight is 442 g/mol. The Bertz CT molecular complexity index is 933. The van der Waals surface area contributed by atoms with Gasteiger partial charge in [-0.25, -0.2) is 4.68 Å². The lowest BCUT2D eigenvalue weighted by Gasteiger charge is -2.31. The lowest BCUT2D eigenvalue weighted by atomic mass is 10.1. The number of halogens is 3. The molecule has 4 N–H and O–H groups in total. The molecule has 2 heterocycles. The fourth-order valence-corrected chi connectivity index (χ4v) is 3.25. The number of hydrogen-bond acceptors (Lipinski definition) is 5. The molecule has 1 aliphatic heterocycles. The fraction of sp³-hybridized carbons (Fsp3) is 0.389. The second kappa shape index (κ2) is 8.78. The van der Waals surface area contributed by atoms with Crippen LogP contribution in [-0.2, 0) is 0 Å². The van der Waals surface area contributed by atoms with Gasteiger partial charge in [-0.2, -0.15) is 18.3 Å². The number of rotatable bonds is 4. The number of ether oxygens (including phenoxy) is 1.